The molecule has 0 fully saturated rings. The molecule has 1 N–H and O–H groups in total. The molecule has 1 atom stereocenters. The Bertz CT molecular complexity index is 596. The van der Waals surface area contributed by atoms with E-state index in [0.717, 1.165) is 11.5 Å². The molecule has 2 heteroatoms. The molecule has 0 aliphatic rings. The SMILES string of the molecule is CNC(c1cc(C)ccc1C)c1c(C)oc(C)c1C. The fourth-order valence-electron chi connectivity index (χ4n) is 2.76. The molecule has 0 saturated heterocycles. The zero-order valence-corrected chi connectivity index (χ0v) is 12.7. The number of nitrogens with one attached hydrogen (secondary N) is 1. The van der Waals surface area contributed by atoms with Crippen LogP contribution in [0.4, 0.5) is 0 Å². The molecule has 0 radical (unpaired) electrons. The quantitative estimate of drug-likeness (QED) is 0.894. The molecule has 102 valence electrons. The third-order valence-electron chi connectivity index (χ3n) is 3.94. The smallest absolute Gasteiger partial charge is 0.106 e. The van der Waals surface area contributed by atoms with Gasteiger partial charge in [-0.05, 0) is 58.4 Å². The maximum Gasteiger partial charge on any atom is 0.106 e. The molecule has 0 saturated carbocycles. The van der Waals surface area contributed by atoms with E-state index in [0.29, 0.717) is 0 Å². The van der Waals surface area contributed by atoms with Gasteiger partial charge in [-0.2, -0.15) is 0 Å². The highest BCUT2D eigenvalue weighted by Crippen LogP contribution is 2.32. The van der Waals surface area contributed by atoms with Gasteiger partial charge in [0.1, 0.15) is 11.5 Å². The Labute approximate surface area is 115 Å². The zero-order valence-electron chi connectivity index (χ0n) is 12.7. The van der Waals surface area contributed by atoms with E-state index in [1.54, 1.807) is 0 Å². The molecule has 0 bridgehead atoms. The molecule has 1 unspecified atom stereocenters. The number of hydrogen-bond acceptors (Lipinski definition) is 2. The molecular weight excluding hydrogens is 234 g/mol. The predicted molar refractivity (Wildman–Crippen MR) is 79.7 cm³/mol. The third-order valence-corrected chi connectivity index (χ3v) is 3.94. The van der Waals surface area contributed by atoms with E-state index < -0.39 is 0 Å². The Hall–Kier alpha value is -1.54. The van der Waals surface area contributed by atoms with Crippen LogP contribution in [-0.2, 0) is 0 Å². The van der Waals surface area contributed by atoms with Gasteiger partial charge in [-0.1, -0.05) is 23.8 Å². The lowest BCUT2D eigenvalue weighted by Gasteiger charge is -2.20. The Morgan fingerprint density at radius 1 is 1.00 bits per heavy atom. The molecule has 2 rings (SSSR count). The Kier molecular flexibility index (Phi) is 3.81. The second-order valence-corrected chi connectivity index (χ2v) is 5.33. The highest BCUT2D eigenvalue weighted by Gasteiger charge is 2.22. The summed E-state index contributed by atoms with van der Waals surface area (Å²) >= 11 is 0. The summed E-state index contributed by atoms with van der Waals surface area (Å²) in [6.45, 7) is 10.5. The summed E-state index contributed by atoms with van der Waals surface area (Å²) < 4.78 is 5.78. The summed E-state index contributed by atoms with van der Waals surface area (Å²) in [5.74, 6) is 2.02. The lowest BCUT2D eigenvalue weighted by Crippen LogP contribution is -2.20. The fourth-order valence-corrected chi connectivity index (χ4v) is 2.76. The van der Waals surface area contributed by atoms with Crippen molar-refractivity contribution in [2.75, 3.05) is 7.05 Å². The van der Waals surface area contributed by atoms with Crippen LogP contribution in [0.2, 0.25) is 0 Å². The van der Waals surface area contributed by atoms with Crippen LogP contribution in [0.3, 0.4) is 0 Å². The van der Waals surface area contributed by atoms with Crippen LogP contribution in [0.25, 0.3) is 0 Å². The van der Waals surface area contributed by atoms with Crippen molar-refractivity contribution in [2.45, 2.75) is 40.7 Å². The topological polar surface area (TPSA) is 25.2 Å². The van der Waals surface area contributed by atoms with Crippen molar-refractivity contribution in [3.8, 4) is 0 Å². The lowest BCUT2D eigenvalue weighted by atomic mass is 9.91. The maximum absolute atomic E-state index is 5.78. The van der Waals surface area contributed by atoms with Crippen LogP contribution in [0.1, 0.15) is 45.4 Å². The molecule has 0 amide bonds. The van der Waals surface area contributed by atoms with Crippen LogP contribution >= 0.6 is 0 Å². The van der Waals surface area contributed by atoms with Crippen LogP contribution < -0.4 is 5.32 Å². The molecule has 0 aliphatic heterocycles. The summed E-state index contributed by atoms with van der Waals surface area (Å²) in [5.41, 5.74) is 6.44. The van der Waals surface area contributed by atoms with Crippen molar-refractivity contribution in [3.63, 3.8) is 0 Å². The van der Waals surface area contributed by atoms with Crippen LogP contribution in [0, 0.1) is 34.6 Å². The molecule has 1 heterocycles. The first-order valence-electron chi connectivity index (χ1n) is 6.76. The average molecular weight is 257 g/mol. The van der Waals surface area contributed by atoms with Gasteiger partial charge in [0.05, 0.1) is 6.04 Å². The van der Waals surface area contributed by atoms with Gasteiger partial charge in [-0.25, -0.2) is 0 Å². The van der Waals surface area contributed by atoms with E-state index in [2.05, 4.69) is 44.3 Å². The van der Waals surface area contributed by atoms with Crippen molar-refractivity contribution in [1.29, 1.82) is 0 Å². The van der Waals surface area contributed by atoms with Crippen LogP contribution in [-0.4, -0.2) is 7.05 Å². The Morgan fingerprint density at radius 3 is 2.21 bits per heavy atom. The van der Waals surface area contributed by atoms with Gasteiger partial charge in [-0.3, -0.25) is 0 Å². The molecule has 0 aliphatic carbocycles. The molecule has 2 nitrogen and oxygen atoms in total. The highest BCUT2D eigenvalue weighted by molar-refractivity contribution is 5.44. The molecule has 1 aromatic heterocycles. The number of rotatable bonds is 3. The van der Waals surface area contributed by atoms with Crippen molar-refractivity contribution in [3.05, 3.63) is 57.5 Å². The molecule has 1 aromatic carbocycles. The predicted octanol–water partition coefficient (Wildman–Crippen LogP) is 4.13. The van der Waals surface area contributed by atoms with E-state index in [9.17, 15) is 0 Å². The molecule has 2 aromatic rings. The minimum Gasteiger partial charge on any atom is -0.466 e. The molecular formula is C17H23NO. The summed E-state index contributed by atoms with van der Waals surface area (Å²) in [6.07, 6.45) is 0. The Morgan fingerprint density at radius 2 is 1.68 bits per heavy atom. The standard InChI is InChI=1S/C17H23NO/c1-10-7-8-11(2)15(9-10)17(18-6)16-12(3)13(4)19-14(16)5/h7-9,17-18H,1-6H3. The van der Waals surface area contributed by atoms with E-state index in [1.165, 1.54) is 27.8 Å². The summed E-state index contributed by atoms with van der Waals surface area (Å²) in [6, 6.07) is 6.80. The van der Waals surface area contributed by atoms with E-state index in [-0.39, 0.29) is 6.04 Å². The second-order valence-electron chi connectivity index (χ2n) is 5.33. The normalized spacial score (nSPS) is 12.7. The van der Waals surface area contributed by atoms with Gasteiger partial charge in [0.15, 0.2) is 0 Å². The number of furan rings is 1. The number of benzene rings is 1. The van der Waals surface area contributed by atoms with Gasteiger partial charge in [0.25, 0.3) is 0 Å². The lowest BCUT2D eigenvalue weighted by molar-refractivity contribution is 0.495. The second kappa shape index (κ2) is 5.22. The highest BCUT2D eigenvalue weighted by atomic mass is 16.3. The van der Waals surface area contributed by atoms with Crippen molar-refractivity contribution in [1.82, 2.24) is 5.32 Å². The average Bonchev–Trinajstić information content (AvgIpc) is 2.61. The van der Waals surface area contributed by atoms with Gasteiger partial charge in [0.2, 0.25) is 0 Å². The van der Waals surface area contributed by atoms with Crippen molar-refractivity contribution in [2.24, 2.45) is 0 Å². The van der Waals surface area contributed by atoms with E-state index >= 15 is 0 Å². The fraction of sp³-hybridized carbons (Fsp3) is 0.412. The summed E-state index contributed by atoms with van der Waals surface area (Å²) in [7, 11) is 2.01. The van der Waals surface area contributed by atoms with Gasteiger partial charge in [0, 0.05) is 5.56 Å². The van der Waals surface area contributed by atoms with Crippen LogP contribution in [0.5, 0.6) is 0 Å². The number of aryl methyl sites for hydroxylation is 4. The maximum atomic E-state index is 5.78. The third kappa shape index (κ3) is 2.45. The summed E-state index contributed by atoms with van der Waals surface area (Å²) in [4.78, 5) is 0. The first-order chi connectivity index (χ1) is 8.95. The molecule has 0 spiro atoms. The number of hydrogen-bond donors (Lipinski definition) is 1. The first kappa shape index (κ1) is 13.9. The van der Waals surface area contributed by atoms with Gasteiger partial charge >= 0.3 is 0 Å². The summed E-state index contributed by atoms with van der Waals surface area (Å²) in [5, 5.41) is 3.44. The van der Waals surface area contributed by atoms with E-state index in [4.69, 9.17) is 4.42 Å². The Balaban J connectivity index is 2.59. The van der Waals surface area contributed by atoms with Crippen molar-refractivity contribution < 1.29 is 4.42 Å². The monoisotopic (exact) mass is 257 g/mol. The first-order valence-corrected chi connectivity index (χ1v) is 6.76. The van der Waals surface area contributed by atoms with Crippen LogP contribution in [0.15, 0.2) is 22.6 Å². The molecule has 19 heavy (non-hydrogen) atoms. The van der Waals surface area contributed by atoms with Gasteiger partial charge in [-0.15, -0.1) is 0 Å². The van der Waals surface area contributed by atoms with E-state index in [1.807, 2.05) is 20.9 Å². The minimum absolute atomic E-state index is 0.192. The minimum atomic E-state index is 0.192. The van der Waals surface area contributed by atoms with Crippen molar-refractivity contribution >= 4 is 0 Å². The van der Waals surface area contributed by atoms with Gasteiger partial charge < -0.3 is 9.73 Å². The largest absolute Gasteiger partial charge is 0.466 e. The zero-order chi connectivity index (χ0) is 14.2.